The molecule has 0 aromatic heterocycles. The number of benzene rings is 1. The van der Waals surface area contributed by atoms with Crippen LogP contribution in [0.2, 0.25) is 0 Å². The summed E-state index contributed by atoms with van der Waals surface area (Å²) in [5.41, 5.74) is 2.17. The van der Waals surface area contributed by atoms with E-state index in [0.717, 1.165) is 12.8 Å². The van der Waals surface area contributed by atoms with E-state index in [1.165, 1.54) is 0 Å². The molecule has 20 heavy (non-hydrogen) atoms. The van der Waals surface area contributed by atoms with Gasteiger partial charge in [-0.05, 0) is 37.1 Å². The first-order valence-corrected chi connectivity index (χ1v) is 6.52. The average molecular weight is 280 g/mol. The van der Waals surface area contributed by atoms with Crippen molar-refractivity contribution >= 4 is 11.8 Å². The third-order valence-corrected chi connectivity index (χ3v) is 2.84. The van der Waals surface area contributed by atoms with Gasteiger partial charge in [0.25, 0.3) is 5.91 Å². The van der Waals surface area contributed by atoms with E-state index in [0.29, 0.717) is 30.7 Å². The molecule has 0 aliphatic rings. The summed E-state index contributed by atoms with van der Waals surface area (Å²) in [7, 11) is 1.58. The van der Waals surface area contributed by atoms with E-state index >= 15 is 0 Å². The Labute approximate surface area is 118 Å². The van der Waals surface area contributed by atoms with Gasteiger partial charge in [0.2, 0.25) is 5.91 Å². The third-order valence-electron chi connectivity index (χ3n) is 2.84. The lowest BCUT2D eigenvalue weighted by molar-refractivity contribution is -0.129. The van der Waals surface area contributed by atoms with Gasteiger partial charge < -0.3 is 10.1 Å². The Morgan fingerprint density at radius 1 is 1.15 bits per heavy atom. The highest BCUT2D eigenvalue weighted by atomic mass is 16.5. The Bertz CT molecular complexity index is 431. The maximum Gasteiger partial charge on any atom is 0.251 e. The van der Waals surface area contributed by atoms with Crippen LogP contribution < -0.4 is 15.5 Å². The van der Waals surface area contributed by atoms with Crippen molar-refractivity contribution in [1.29, 1.82) is 0 Å². The van der Waals surface area contributed by atoms with E-state index in [9.17, 15) is 9.59 Å². The fourth-order valence-corrected chi connectivity index (χ4v) is 1.69. The number of hydroxylamine groups is 1. The molecule has 0 spiro atoms. The van der Waals surface area contributed by atoms with Crippen LogP contribution in [-0.2, 0) is 4.79 Å². The van der Waals surface area contributed by atoms with E-state index in [1.54, 1.807) is 36.9 Å². The highest BCUT2D eigenvalue weighted by Gasteiger charge is 2.04. The van der Waals surface area contributed by atoms with Crippen LogP contribution in [0.25, 0.3) is 0 Å². The van der Waals surface area contributed by atoms with Crippen molar-refractivity contribution in [2.24, 2.45) is 0 Å². The van der Waals surface area contributed by atoms with Gasteiger partial charge in [0, 0.05) is 18.5 Å². The van der Waals surface area contributed by atoms with Gasteiger partial charge in [0.15, 0.2) is 0 Å². The van der Waals surface area contributed by atoms with E-state index in [1.807, 2.05) is 0 Å². The third kappa shape index (κ3) is 5.71. The summed E-state index contributed by atoms with van der Waals surface area (Å²) in [6.07, 6.45) is 2.59. The number of carbonyl (C=O) groups excluding carboxylic acids is 2. The van der Waals surface area contributed by atoms with Crippen LogP contribution >= 0.6 is 0 Å². The molecule has 3 N–H and O–H groups in total. The van der Waals surface area contributed by atoms with Crippen LogP contribution in [0.3, 0.4) is 0 Å². The second-order valence-corrected chi connectivity index (χ2v) is 4.33. The predicted molar refractivity (Wildman–Crippen MR) is 73.7 cm³/mol. The zero-order valence-corrected chi connectivity index (χ0v) is 11.5. The summed E-state index contributed by atoms with van der Waals surface area (Å²) < 4.78 is 5.02. The van der Waals surface area contributed by atoms with Crippen LogP contribution in [0.4, 0.5) is 0 Å². The van der Waals surface area contributed by atoms with Crippen LogP contribution in [0.1, 0.15) is 36.0 Å². The van der Waals surface area contributed by atoms with Gasteiger partial charge in [-0.3, -0.25) is 14.8 Å². The molecule has 1 rings (SSSR count). The number of nitrogens with one attached hydrogen (secondary N) is 2. The van der Waals surface area contributed by atoms with E-state index in [2.05, 4.69) is 5.32 Å². The number of carbonyl (C=O) groups is 2. The van der Waals surface area contributed by atoms with Gasteiger partial charge in [-0.2, -0.15) is 0 Å². The van der Waals surface area contributed by atoms with E-state index < -0.39 is 0 Å². The summed E-state index contributed by atoms with van der Waals surface area (Å²) >= 11 is 0. The molecule has 6 heteroatoms. The zero-order valence-electron chi connectivity index (χ0n) is 11.5. The smallest absolute Gasteiger partial charge is 0.251 e. The number of rotatable bonds is 8. The molecule has 0 saturated heterocycles. The van der Waals surface area contributed by atoms with E-state index in [4.69, 9.17) is 9.94 Å². The molecule has 2 amide bonds. The molecular formula is C14H20N2O4. The highest BCUT2D eigenvalue weighted by Crippen LogP contribution is 2.11. The lowest BCUT2D eigenvalue weighted by atomic mass is 10.1. The van der Waals surface area contributed by atoms with Crippen molar-refractivity contribution in [1.82, 2.24) is 10.8 Å². The Kier molecular flexibility index (Phi) is 7.13. The number of ether oxygens (including phenoxy) is 1. The predicted octanol–water partition coefficient (Wildman–Crippen LogP) is 1.49. The summed E-state index contributed by atoms with van der Waals surface area (Å²) in [4.78, 5) is 22.5. The molecule has 0 radical (unpaired) electrons. The zero-order chi connectivity index (χ0) is 14.8. The standard InChI is InChI=1S/C14H20N2O4/c1-20-12-8-6-11(7-9-12)14(18)15-10-4-2-3-5-13(17)16-19/h6-9,19H,2-5,10H2,1H3,(H,15,18)(H,16,17). The van der Waals surface area contributed by atoms with Gasteiger partial charge in [0.05, 0.1) is 7.11 Å². The molecular weight excluding hydrogens is 260 g/mol. The first kappa shape index (κ1) is 16.0. The number of hydrogen-bond acceptors (Lipinski definition) is 4. The van der Waals surface area contributed by atoms with Crippen molar-refractivity contribution in [3.8, 4) is 5.75 Å². The first-order chi connectivity index (χ1) is 9.67. The number of methoxy groups -OCH3 is 1. The van der Waals surface area contributed by atoms with Crippen molar-refractivity contribution in [2.45, 2.75) is 25.7 Å². The minimum Gasteiger partial charge on any atom is -0.497 e. The Morgan fingerprint density at radius 3 is 2.45 bits per heavy atom. The fraction of sp³-hybridized carbons (Fsp3) is 0.429. The minimum absolute atomic E-state index is 0.124. The molecule has 0 fully saturated rings. The van der Waals surface area contributed by atoms with E-state index in [-0.39, 0.29) is 11.8 Å². The van der Waals surface area contributed by atoms with Gasteiger partial charge >= 0.3 is 0 Å². The van der Waals surface area contributed by atoms with Gasteiger partial charge in [-0.15, -0.1) is 0 Å². The normalized spacial score (nSPS) is 9.90. The molecule has 0 aliphatic heterocycles. The highest BCUT2D eigenvalue weighted by molar-refractivity contribution is 5.94. The molecule has 0 saturated carbocycles. The Morgan fingerprint density at radius 2 is 1.85 bits per heavy atom. The largest absolute Gasteiger partial charge is 0.497 e. The SMILES string of the molecule is COc1ccc(C(=O)NCCCCCC(=O)NO)cc1. The molecule has 0 heterocycles. The van der Waals surface area contributed by atoms with Gasteiger partial charge in [-0.1, -0.05) is 6.42 Å². The van der Waals surface area contributed by atoms with Crippen LogP contribution in [0.5, 0.6) is 5.75 Å². The molecule has 0 atom stereocenters. The molecule has 6 nitrogen and oxygen atoms in total. The molecule has 1 aromatic carbocycles. The van der Waals surface area contributed by atoms with Crippen molar-refractivity contribution < 1.29 is 19.5 Å². The minimum atomic E-state index is -0.382. The lowest BCUT2D eigenvalue weighted by Crippen LogP contribution is -2.24. The monoisotopic (exact) mass is 280 g/mol. The molecule has 0 aliphatic carbocycles. The molecule has 1 aromatic rings. The van der Waals surface area contributed by atoms with Crippen LogP contribution in [-0.4, -0.2) is 30.7 Å². The number of unbranched alkanes of at least 4 members (excludes halogenated alkanes) is 2. The summed E-state index contributed by atoms with van der Waals surface area (Å²) in [6, 6.07) is 6.89. The Hall–Kier alpha value is -2.08. The summed E-state index contributed by atoms with van der Waals surface area (Å²) in [6.45, 7) is 0.561. The van der Waals surface area contributed by atoms with Crippen molar-refractivity contribution in [2.75, 3.05) is 13.7 Å². The van der Waals surface area contributed by atoms with Crippen LogP contribution in [0.15, 0.2) is 24.3 Å². The maximum absolute atomic E-state index is 11.8. The quantitative estimate of drug-likeness (QED) is 0.382. The average Bonchev–Trinajstić information content (AvgIpc) is 2.50. The number of hydrogen-bond donors (Lipinski definition) is 3. The summed E-state index contributed by atoms with van der Waals surface area (Å²) in [5, 5.41) is 11.1. The summed E-state index contributed by atoms with van der Waals surface area (Å²) in [5.74, 6) is 0.205. The fourth-order valence-electron chi connectivity index (χ4n) is 1.69. The number of amides is 2. The van der Waals surface area contributed by atoms with Crippen molar-refractivity contribution in [3.63, 3.8) is 0 Å². The second-order valence-electron chi connectivity index (χ2n) is 4.33. The topological polar surface area (TPSA) is 87.7 Å². The molecule has 110 valence electrons. The van der Waals surface area contributed by atoms with Gasteiger partial charge in [-0.25, -0.2) is 5.48 Å². The van der Waals surface area contributed by atoms with Crippen LogP contribution in [0, 0.1) is 0 Å². The van der Waals surface area contributed by atoms with Gasteiger partial charge in [0.1, 0.15) is 5.75 Å². The maximum atomic E-state index is 11.8. The second kappa shape index (κ2) is 8.92. The van der Waals surface area contributed by atoms with Crippen molar-refractivity contribution in [3.05, 3.63) is 29.8 Å². The lowest BCUT2D eigenvalue weighted by Gasteiger charge is -2.06. The molecule has 0 unspecified atom stereocenters. The Balaban J connectivity index is 2.18. The molecule has 0 bridgehead atoms. The first-order valence-electron chi connectivity index (χ1n) is 6.52.